The highest BCUT2D eigenvalue weighted by molar-refractivity contribution is 9.10. The van der Waals surface area contributed by atoms with E-state index >= 15 is 0 Å². The van der Waals surface area contributed by atoms with E-state index in [1.54, 1.807) is 0 Å². The van der Waals surface area contributed by atoms with Crippen molar-refractivity contribution in [1.29, 1.82) is 0 Å². The number of allylic oxidation sites excluding steroid dienone is 4. The van der Waals surface area contributed by atoms with Crippen LogP contribution in [0.1, 0.15) is 60.3 Å². The first-order valence-corrected chi connectivity index (χ1v) is 12.0. The van der Waals surface area contributed by atoms with E-state index in [1.165, 1.54) is 12.8 Å². The topological polar surface area (TPSA) is 40.5 Å². The summed E-state index contributed by atoms with van der Waals surface area (Å²) in [6, 6.07) is 0. The Bertz CT molecular complexity index is 678. The monoisotopic (exact) mass is 512 g/mol. The third-order valence-electron chi connectivity index (χ3n) is 7.48. The molecule has 3 aliphatic rings. The van der Waals surface area contributed by atoms with Gasteiger partial charge in [-0.05, 0) is 111 Å². The van der Waals surface area contributed by atoms with E-state index in [-0.39, 0.29) is 17.3 Å². The molecule has 1 fully saturated rings. The number of hydrogen-bond donors (Lipinski definition) is 2. The Balaban J connectivity index is 1.98. The Hall–Kier alpha value is -0.160. The minimum atomic E-state index is -1.03. The van der Waals surface area contributed by atoms with Crippen LogP contribution in [0, 0.1) is 28.6 Å². The van der Waals surface area contributed by atoms with E-state index in [4.69, 9.17) is 0 Å². The lowest BCUT2D eigenvalue weighted by Gasteiger charge is -2.51. The van der Waals surface area contributed by atoms with Crippen LogP contribution in [-0.2, 0) is 0 Å². The molecule has 2 N–H and O–H groups in total. The zero-order chi connectivity index (χ0) is 21.0. The van der Waals surface area contributed by atoms with Crippen LogP contribution in [0.15, 0.2) is 47.6 Å². The first-order chi connectivity index (χ1) is 12.8. The summed E-state index contributed by atoms with van der Waals surface area (Å²) in [5, 5.41) is 21.0. The van der Waals surface area contributed by atoms with Gasteiger partial charge in [0.25, 0.3) is 0 Å². The van der Waals surface area contributed by atoms with Crippen LogP contribution in [-0.4, -0.2) is 19.2 Å². The second-order valence-corrected chi connectivity index (χ2v) is 12.6. The second kappa shape index (κ2) is 7.51. The fraction of sp³-hybridized carbons (Fsp3) is 0.667. The van der Waals surface area contributed by atoms with Crippen LogP contribution in [0.3, 0.4) is 0 Å². The number of aliphatic hydroxyl groups is 2. The van der Waals surface area contributed by atoms with Crippen molar-refractivity contribution in [3.05, 3.63) is 47.6 Å². The van der Waals surface area contributed by atoms with Gasteiger partial charge < -0.3 is 10.2 Å². The Kier molecular flexibility index (Phi) is 6.04. The average Bonchev–Trinajstić information content (AvgIpc) is 2.59. The molecule has 0 bridgehead atoms. The molecule has 0 aliphatic heterocycles. The molecule has 0 saturated heterocycles. The van der Waals surface area contributed by atoms with Gasteiger partial charge in [-0.2, -0.15) is 0 Å². The number of hydrogen-bond acceptors (Lipinski definition) is 2. The molecule has 0 radical (unpaired) electrons. The molecular formula is C24H34Br2O2. The largest absolute Gasteiger partial charge is 0.371 e. The molecule has 3 aliphatic carbocycles. The van der Waals surface area contributed by atoms with E-state index in [0.29, 0.717) is 5.41 Å². The van der Waals surface area contributed by atoms with Crippen molar-refractivity contribution in [2.24, 2.45) is 28.6 Å². The van der Waals surface area contributed by atoms with Crippen LogP contribution in [0.25, 0.3) is 0 Å². The van der Waals surface area contributed by atoms with E-state index < -0.39 is 9.02 Å². The van der Waals surface area contributed by atoms with E-state index in [9.17, 15) is 10.2 Å². The van der Waals surface area contributed by atoms with E-state index in [0.717, 1.165) is 29.9 Å². The standard InChI is InChI=1S/C24H34Br2O2/c1-16-14-19(8-12-23(16,25)27)22(10-6-18(7-11-22)21(3,4)5)20-9-13-24(26,28)17(2)15-20/h8-9,12-15,18-20,27-28H,6-7,10-11H2,1-5H3. The molecule has 0 aromatic carbocycles. The highest BCUT2D eigenvalue weighted by atomic mass is 79.9. The van der Waals surface area contributed by atoms with Crippen molar-refractivity contribution in [3.63, 3.8) is 0 Å². The summed E-state index contributed by atoms with van der Waals surface area (Å²) in [4.78, 5) is 0. The van der Waals surface area contributed by atoms with Gasteiger partial charge in [0, 0.05) is 11.8 Å². The normalized spacial score (nSPS) is 44.2. The van der Waals surface area contributed by atoms with Gasteiger partial charge in [0.1, 0.15) is 0 Å². The smallest absolute Gasteiger partial charge is 0.159 e. The number of halogens is 2. The number of alkyl halides is 2. The molecule has 0 spiro atoms. The Morgan fingerprint density at radius 3 is 1.57 bits per heavy atom. The van der Waals surface area contributed by atoms with Crippen molar-refractivity contribution in [2.75, 3.05) is 0 Å². The summed E-state index contributed by atoms with van der Waals surface area (Å²) >= 11 is 6.84. The SMILES string of the molecule is CC1=CC(C2(C3C=CC(O)(Br)C(C)=C3)CCC(C(C)(C)C)CC2)C=CC1(O)Br. The van der Waals surface area contributed by atoms with Crippen LogP contribution < -0.4 is 0 Å². The van der Waals surface area contributed by atoms with Crippen LogP contribution >= 0.6 is 31.9 Å². The first-order valence-electron chi connectivity index (χ1n) is 10.4. The maximum atomic E-state index is 10.5. The molecule has 0 aromatic heterocycles. The molecule has 1 saturated carbocycles. The first kappa shape index (κ1) is 22.5. The molecule has 0 heterocycles. The molecule has 3 rings (SSSR count). The van der Waals surface area contributed by atoms with Crippen molar-refractivity contribution in [3.8, 4) is 0 Å². The maximum absolute atomic E-state index is 10.5. The lowest BCUT2D eigenvalue weighted by Crippen LogP contribution is -2.43. The summed E-state index contributed by atoms with van der Waals surface area (Å²) in [7, 11) is 0. The lowest BCUT2D eigenvalue weighted by molar-refractivity contribution is 0.0448. The van der Waals surface area contributed by atoms with E-state index in [1.807, 2.05) is 26.0 Å². The molecule has 4 atom stereocenters. The zero-order valence-electron chi connectivity index (χ0n) is 17.7. The van der Waals surface area contributed by atoms with Crippen molar-refractivity contribution in [1.82, 2.24) is 0 Å². The van der Waals surface area contributed by atoms with Gasteiger partial charge in [0.2, 0.25) is 0 Å². The van der Waals surface area contributed by atoms with Gasteiger partial charge in [0.15, 0.2) is 9.02 Å². The fourth-order valence-electron chi connectivity index (χ4n) is 5.23. The highest BCUT2D eigenvalue weighted by Gasteiger charge is 2.48. The van der Waals surface area contributed by atoms with Gasteiger partial charge >= 0.3 is 0 Å². The van der Waals surface area contributed by atoms with Crippen LogP contribution in [0.5, 0.6) is 0 Å². The molecule has 2 nitrogen and oxygen atoms in total. The molecule has 156 valence electrons. The van der Waals surface area contributed by atoms with Gasteiger partial charge in [0.05, 0.1) is 0 Å². The van der Waals surface area contributed by atoms with Gasteiger partial charge in [-0.1, -0.05) is 45.1 Å². The van der Waals surface area contributed by atoms with E-state index in [2.05, 4.69) is 76.9 Å². The van der Waals surface area contributed by atoms with Gasteiger partial charge in [-0.15, -0.1) is 0 Å². The van der Waals surface area contributed by atoms with Crippen LogP contribution in [0.4, 0.5) is 0 Å². The summed E-state index contributed by atoms with van der Waals surface area (Å²) in [6.45, 7) is 11.1. The summed E-state index contributed by atoms with van der Waals surface area (Å²) in [6.07, 6.45) is 17.4. The fourth-order valence-corrected chi connectivity index (χ4v) is 5.80. The molecule has 4 heteroatoms. The predicted octanol–water partition coefficient (Wildman–Crippen LogP) is 6.64. The number of rotatable bonds is 2. The average molecular weight is 514 g/mol. The Morgan fingerprint density at radius 1 is 0.857 bits per heavy atom. The molecule has 4 unspecified atom stereocenters. The predicted molar refractivity (Wildman–Crippen MR) is 124 cm³/mol. The van der Waals surface area contributed by atoms with Crippen molar-refractivity contribution < 1.29 is 10.2 Å². The van der Waals surface area contributed by atoms with Crippen molar-refractivity contribution >= 4 is 31.9 Å². The van der Waals surface area contributed by atoms with Gasteiger partial charge in [-0.25, -0.2) is 0 Å². The van der Waals surface area contributed by atoms with Gasteiger partial charge in [-0.3, -0.25) is 0 Å². The third kappa shape index (κ3) is 4.17. The second-order valence-electron chi connectivity index (χ2n) is 10.2. The molecule has 0 aromatic rings. The molecule has 28 heavy (non-hydrogen) atoms. The molecular weight excluding hydrogens is 480 g/mol. The summed E-state index contributed by atoms with van der Waals surface area (Å²) in [5.74, 6) is 1.27. The zero-order valence-corrected chi connectivity index (χ0v) is 20.8. The maximum Gasteiger partial charge on any atom is 0.159 e. The third-order valence-corrected chi connectivity index (χ3v) is 9.26. The lowest BCUT2D eigenvalue weighted by atomic mass is 9.53. The Morgan fingerprint density at radius 2 is 1.25 bits per heavy atom. The summed E-state index contributed by atoms with van der Waals surface area (Å²) < 4.78 is -2.06. The summed E-state index contributed by atoms with van der Waals surface area (Å²) in [5.41, 5.74) is 2.31. The van der Waals surface area contributed by atoms with Crippen molar-refractivity contribution in [2.45, 2.75) is 69.3 Å². The quantitative estimate of drug-likeness (QED) is 0.321. The van der Waals surface area contributed by atoms with Crippen LogP contribution in [0.2, 0.25) is 0 Å². The minimum Gasteiger partial charge on any atom is -0.371 e. The Labute approximate surface area is 187 Å². The minimum absolute atomic E-state index is 0.0737. The molecule has 0 amide bonds. The highest BCUT2D eigenvalue weighted by Crippen LogP contribution is 2.57.